The summed E-state index contributed by atoms with van der Waals surface area (Å²) in [6.45, 7) is 3.33. The van der Waals surface area contributed by atoms with Crippen LogP contribution in [-0.4, -0.2) is 18.2 Å². The standard InChI is InChI=1S/C16H19N3O2/c1-11-13(4-2-7-18-11)16(19-17)12-5-6-14-15(10-12)21-9-3-8-20-14/h2,4-7,10,16,19H,3,8-9,17H2,1H3. The van der Waals surface area contributed by atoms with Gasteiger partial charge in [0.05, 0.1) is 19.3 Å². The molecule has 21 heavy (non-hydrogen) atoms. The second-order valence-electron chi connectivity index (χ2n) is 5.03. The lowest BCUT2D eigenvalue weighted by molar-refractivity contribution is 0.297. The minimum Gasteiger partial charge on any atom is -0.490 e. The monoisotopic (exact) mass is 285 g/mol. The Bertz CT molecular complexity index is 631. The van der Waals surface area contributed by atoms with Gasteiger partial charge in [-0.2, -0.15) is 0 Å². The molecular formula is C16H19N3O2. The van der Waals surface area contributed by atoms with E-state index in [2.05, 4.69) is 10.4 Å². The van der Waals surface area contributed by atoms with Crippen molar-refractivity contribution in [1.29, 1.82) is 0 Å². The van der Waals surface area contributed by atoms with Crippen LogP contribution < -0.4 is 20.7 Å². The summed E-state index contributed by atoms with van der Waals surface area (Å²) < 4.78 is 11.4. The Balaban J connectivity index is 1.98. The van der Waals surface area contributed by atoms with Crippen molar-refractivity contribution in [1.82, 2.24) is 10.4 Å². The first-order valence-corrected chi connectivity index (χ1v) is 7.07. The second kappa shape index (κ2) is 6.11. The highest BCUT2D eigenvalue weighted by Crippen LogP contribution is 2.34. The zero-order valence-corrected chi connectivity index (χ0v) is 12.0. The molecule has 0 fully saturated rings. The van der Waals surface area contributed by atoms with E-state index in [4.69, 9.17) is 15.3 Å². The van der Waals surface area contributed by atoms with Gasteiger partial charge in [-0.05, 0) is 36.2 Å². The van der Waals surface area contributed by atoms with Gasteiger partial charge in [0.15, 0.2) is 11.5 Å². The molecule has 0 amide bonds. The number of pyridine rings is 1. The molecule has 1 aliphatic rings. The molecule has 0 saturated heterocycles. The van der Waals surface area contributed by atoms with Crippen LogP contribution >= 0.6 is 0 Å². The topological polar surface area (TPSA) is 69.4 Å². The third-order valence-corrected chi connectivity index (χ3v) is 3.63. The molecule has 0 bridgehead atoms. The molecule has 1 atom stereocenters. The summed E-state index contributed by atoms with van der Waals surface area (Å²) in [6, 6.07) is 9.73. The Labute approximate surface area is 124 Å². The van der Waals surface area contributed by atoms with E-state index >= 15 is 0 Å². The number of hydrogen-bond donors (Lipinski definition) is 2. The van der Waals surface area contributed by atoms with Crippen LogP contribution in [0, 0.1) is 6.92 Å². The number of aromatic nitrogens is 1. The quantitative estimate of drug-likeness (QED) is 0.667. The van der Waals surface area contributed by atoms with Gasteiger partial charge in [0.2, 0.25) is 0 Å². The van der Waals surface area contributed by atoms with Crippen molar-refractivity contribution >= 4 is 0 Å². The summed E-state index contributed by atoms with van der Waals surface area (Å²) in [5, 5.41) is 0. The van der Waals surface area contributed by atoms with Gasteiger partial charge >= 0.3 is 0 Å². The highest BCUT2D eigenvalue weighted by Gasteiger charge is 2.18. The number of hydrazine groups is 1. The fourth-order valence-corrected chi connectivity index (χ4v) is 2.53. The van der Waals surface area contributed by atoms with E-state index in [1.807, 2.05) is 37.3 Å². The minimum atomic E-state index is -0.129. The highest BCUT2D eigenvalue weighted by molar-refractivity contribution is 5.46. The van der Waals surface area contributed by atoms with Gasteiger partial charge < -0.3 is 9.47 Å². The number of hydrogen-bond acceptors (Lipinski definition) is 5. The summed E-state index contributed by atoms with van der Waals surface area (Å²) in [6.07, 6.45) is 2.67. The third-order valence-electron chi connectivity index (χ3n) is 3.63. The molecule has 5 heteroatoms. The molecule has 5 nitrogen and oxygen atoms in total. The van der Waals surface area contributed by atoms with Crippen molar-refractivity contribution < 1.29 is 9.47 Å². The van der Waals surface area contributed by atoms with Crippen LogP contribution in [0.4, 0.5) is 0 Å². The molecule has 3 N–H and O–H groups in total. The molecule has 110 valence electrons. The van der Waals surface area contributed by atoms with E-state index in [0.29, 0.717) is 13.2 Å². The van der Waals surface area contributed by atoms with Crippen molar-refractivity contribution in [2.45, 2.75) is 19.4 Å². The van der Waals surface area contributed by atoms with Gasteiger partial charge in [-0.1, -0.05) is 12.1 Å². The Hall–Kier alpha value is -2.11. The van der Waals surface area contributed by atoms with Crippen molar-refractivity contribution in [3.05, 3.63) is 53.3 Å². The minimum absolute atomic E-state index is 0.129. The first kappa shape index (κ1) is 13.9. The van der Waals surface area contributed by atoms with Gasteiger partial charge in [-0.15, -0.1) is 0 Å². The number of nitrogens with zero attached hydrogens (tertiary/aromatic N) is 1. The molecule has 2 heterocycles. The zero-order chi connectivity index (χ0) is 14.7. The summed E-state index contributed by atoms with van der Waals surface area (Å²) >= 11 is 0. The third kappa shape index (κ3) is 2.84. The lowest BCUT2D eigenvalue weighted by atomic mass is 9.98. The van der Waals surface area contributed by atoms with Crippen molar-refractivity contribution in [2.75, 3.05) is 13.2 Å². The molecule has 3 rings (SSSR count). The van der Waals surface area contributed by atoms with E-state index in [1.165, 1.54) is 0 Å². The van der Waals surface area contributed by atoms with Gasteiger partial charge in [0.25, 0.3) is 0 Å². The van der Waals surface area contributed by atoms with E-state index in [-0.39, 0.29) is 6.04 Å². The maximum Gasteiger partial charge on any atom is 0.161 e. The summed E-state index contributed by atoms with van der Waals surface area (Å²) in [5.74, 6) is 7.32. The molecule has 2 aromatic rings. The van der Waals surface area contributed by atoms with E-state index in [0.717, 1.165) is 34.7 Å². The van der Waals surface area contributed by atoms with Crippen LogP contribution in [0.25, 0.3) is 0 Å². The Morgan fingerprint density at radius 2 is 2.00 bits per heavy atom. The Morgan fingerprint density at radius 1 is 1.19 bits per heavy atom. The van der Waals surface area contributed by atoms with Crippen LogP contribution in [0.1, 0.15) is 29.3 Å². The molecule has 1 aromatic carbocycles. The summed E-state index contributed by atoms with van der Waals surface area (Å²) in [7, 11) is 0. The lowest BCUT2D eigenvalue weighted by Crippen LogP contribution is -2.29. The van der Waals surface area contributed by atoms with E-state index < -0.39 is 0 Å². The van der Waals surface area contributed by atoms with Crippen LogP contribution in [-0.2, 0) is 0 Å². The molecule has 0 aliphatic carbocycles. The number of benzene rings is 1. The first-order valence-electron chi connectivity index (χ1n) is 7.07. The molecule has 1 unspecified atom stereocenters. The van der Waals surface area contributed by atoms with Gasteiger partial charge in [-0.25, -0.2) is 5.43 Å². The SMILES string of the molecule is Cc1ncccc1C(NN)c1ccc2c(c1)OCCCO2. The van der Waals surface area contributed by atoms with Crippen LogP contribution in [0.15, 0.2) is 36.5 Å². The van der Waals surface area contributed by atoms with Crippen molar-refractivity contribution in [3.63, 3.8) is 0 Å². The Kier molecular flexibility index (Phi) is 4.03. The molecule has 1 aromatic heterocycles. The number of nitrogens with one attached hydrogen (secondary N) is 1. The average molecular weight is 285 g/mol. The van der Waals surface area contributed by atoms with E-state index in [1.54, 1.807) is 6.20 Å². The number of aryl methyl sites for hydroxylation is 1. The van der Waals surface area contributed by atoms with Gasteiger partial charge in [0, 0.05) is 18.3 Å². The maximum absolute atomic E-state index is 5.76. The van der Waals surface area contributed by atoms with E-state index in [9.17, 15) is 0 Å². The summed E-state index contributed by atoms with van der Waals surface area (Å²) in [5.41, 5.74) is 5.89. The molecule has 0 spiro atoms. The fraction of sp³-hybridized carbons (Fsp3) is 0.312. The number of nitrogens with two attached hydrogens (primary N) is 1. The lowest BCUT2D eigenvalue weighted by Gasteiger charge is -2.19. The normalized spacial score (nSPS) is 15.3. The molecule has 1 aliphatic heterocycles. The smallest absolute Gasteiger partial charge is 0.161 e. The summed E-state index contributed by atoms with van der Waals surface area (Å²) in [4.78, 5) is 4.32. The zero-order valence-electron chi connectivity index (χ0n) is 12.0. The second-order valence-corrected chi connectivity index (χ2v) is 5.03. The average Bonchev–Trinajstić information content (AvgIpc) is 2.75. The van der Waals surface area contributed by atoms with Gasteiger partial charge in [0.1, 0.15) is 0 Å². The van der Waals surface area contributed by atoms with Crippen LogP contribution in [0.5, 0.6) is 11.5 Å². The predicted molar refractivity (Wildman–Crippen MR) is 80.2 cm³/mol. The van der Waals surface area contributed by atoms with Crippen molar-refractivity contribution in [2.24, 2.45) is 5.84 Å². The first-order chi connectivity index (χ1) is 10.3. The molecular weight excluding hydrogens is 266 g/mol. The molecule has 0 saturated carbocycles. The highest BCUT2D eigenvalue weighted by atomic mass is 16.5. The van der Waals surface area contributed by atoms with Crippen LogP contribution in [0.2, 0.25) is 0 Å². The fourth-order valence-electron chi connectivity index (χ4n) is 2.53. The Morgan fingerprint density at radius 3 is 2.76 bits per heavy atom. The number of fused-ring (bicyclic) bond motifs is 1. The number of rotatable bonds is 3. The van der Waals surface area contributed by atoms with Gasteiger partial charge in [-0.3, -0.25) is 10.8 Å². The predicted octanol–water partition coefficient (Wildman–Crippen LogP) is 2.10. The van der Waals surface area contributed by atoms with Crippen LogP contribution in [0.3, 0.4) is 0 Å². The van der Waals surface area contributed by atoms with Crippen molar-refractivity contribution in [3.8, 4) is 11.5 Å². The number of ether oxygens (including phenoxy) is 2. The molecule has 0 radical (unpaired) electrons. The maximum atomic E-state index is 5.76. The largest absolute Gasteiger partial charge is 0.490 e.